The fraction of sp³-hybridized carbons (Fsp3) is 0.600. The molecule has 1 amide bonds. The second kappa shape index (κ2) is 8.32. The van der Waals surface area contributed by atoms with Crippen molar-refractivity contribution in [1.29, 1.82) is 0 Å². The molecule has 1 aromatic rings. The molecule has 1 saturated carbocycles. The fourth-order valence-electron chi connectivity index (χ4n) is 3.52. The molecule has 0 unspecified atom stereocenters. The number of nitrogens with one attached hydrogen (secondary N) is 1. The standard InChI is InChI=1S/C20H29NO3/c1-13(2)17-11-10-14(3)12-18(17)24-20(23)21-15(4)19(22)16-8-6-5-7-9-16/h5-9,13-15,17-18H,10-12H2,1-4H3,(H,21,23)/t14-,15-,17+,18-/m1/s1. The van der Waals surface area contributed by atoms with Crippen molar-refractivity contribution in [3.8, 4) is 0 Å². The van der Waals surface area contributed by atoms with Crippen LogP contribution in [0.25, 0.3) is 0 Å². The summed E-state index contributed by atoms with van der Waals surface area (Å²) in [6, 6.07) is 8.40. The summed E-state index contributed by atoms with van der Waals surface area (Å²) < 4.78 is 5.69. The second-order valence-corrected chi connectivity index (χ2v) is 7.37. The van der Waals surface area contributed by atoms with E-state index >= 15 is 0 Å². The Morgan fingerprint density at radius 2 is 1.79 bits per heavy atom. The number of rotatable bonds is 5. The summed E-state index contributed by atoms with van der Waals surface area (Å²) in [5.41, 5.74) is 0.594. The topological polar surface area (TPSA) is 55.4 Å². The van der Waals surface area contributed by atoms with Gasteiger partial charge in [-0.2, -0.15) is 0 Å². The fourth-order valence-corrected chi connectivity index (χ4v) is 3.52. The molecule has 1 aromatic carbocycles. The number of ketones is 1. The van der Waals surface area contributed by atoms with Crippen LogP contribution in [0, 0.1) is 17.8 Å². The van der Waals surface area contributed by atoms with Gasteiger partial charge in [0.1, 0.15) is 6.10 Å². The average molecular weight is 331 g/mol. The minimum absolute atomic E-state index is 0.0622. The van der Waals surface area contributed by atoms with Crippen molar-refractivity contribution < 1.29 is 14.3 Å². The number of ether oxygens (including phenoxy) is 1. The first kappa shape index (κ1) is 18.5. The Morgan fingerprint density at radius 3 is 2.42 bits per heavy atom. The Bertz CT molecular complexity index is 555. The van der Waals surface area contributed by atoms with Crippen LogP contribution in [0.3, 0.4) is 0 Å². The van der Waals surface area contributed by atoms with E-state index in [-0.39, 0.29) is 11.9 Å². The zero-order valence-electron chi connectivity index (χ0n) is 15.1. The summed E-state index contributed by atoms with van der Waals surface area (Å²) in [6.07, 6.45) is 2.63. The van der Waals surface area contributed by atoms with Crippen LogP contribution in [0.5, 0.6) is 0 Å². The van der Waals surface area contributed by atoms with Gasteiger partial charge >= 0.3 is 6.09 Å². The van der Waals surface area contributed by atoms with Gasteiger partial charge in [0.05, 0.1) is 6.04 Å². The molecule has 1 aliphatic carbocycles. The molecule has 24 heavy (non-hydrogen) atoms. The number of Topliss-reactive ketones (excluding diaryl/α,β-unsaturated/α-hetero) is 1. The molecular formula is C20H29NO3. The highest BCUT2D eigenvalue weighted by Crippen LogP contribution is 2.35. The predicted octanol–water partition coefficient (Wildman–Crippen LogP) is 4.44. The lowest BCUT2D eigenvalue weighted by Gasteiger charge is -2.36. The molecule has 0 aromatic heterocycles. The van der Waals surface area contributed by atoms with E-state index in [2.05, 4.69) is 26.1 Å². The normalized spacial score (nSPS) is 25.1. The van der Waals surface area contributed by atoms with E-state index in [1.54, 1.807) is 19.1 Å². The number of hydrogen-bond acceptors (Lipinski definition) is 3. The summed E-state index contributed by atoms with van der Waals surface area (Å²) in [5, 5.41) is 2.69. The summed E-state index contributed by atoms with van der Waals surface area (Å²) >= 11 is 0. The molecule has 4 heteroatoms. The Morgan fingerprint density at radius 1 is 1.12 bits per heavy atom. The number of alkyl carbamates (subject to hydrolysis) is 1. The summed E-state index contributed by atoms with van der Waals surface area (Å²) in [5.74, 6) is 1.34. The smallest absolute Gasteiger partial charge is 0.408 e. The maximum absolute atomic E-state index is 12.3. The first-order valence-electron chi connectivity index (χ1n) is 8.95. The van der Waals surface area contributed by atoms with Gasteiger partial charge in [-0.05, 0) is 37.5 Å². The number of hydrogen-bond donors (Lipinski definition) is 1. The monoisotopic (exact) mass is 331 g/mol. The highest BCUT2D eigenvalue weighted by Gasteiger charge is 2.33. The lowest BCUT2D eigenvalue weighted by molar-refractivity contribution is 0.00523. The van der Waals surface area contributed by atoms with Crippen molar-refractivity contribution in [2.24, 2.45) is 17.8 Å². The number of benzene rings is 1. The molecule has 132 valence electrons. The van der Waals surface area contributed by atoms with Gasteiger partial charge in [-0.3, -0.25) is 4.79 Å². The average Bonchev–Trinajstić information content (AvgIpc) is 2.54. The summed E-state index contributed by atoms with van der Waals surface area (Å²) in [4.78, 5) is 24.6. The highest BCUT2D eigenvalue weighted by atomic mass is 16.6. The van der Waals surface area contributed by atoms with Gasteiger partial charge < -0.3 is 10.1 Å². The van der Waals surface area contributed by atoms with Gasteiger partial charge in [0.2, 0.25) is 0 Å². The van der Waals surface area contributed by atoms with Crippen LogP contribution in [0.2, 0.25) is 0 Å². The Hall–Kier alpha value is -1.84. The van der Waals surface area contributed by atoms with Crippen molar-refractivity contribution >= 4 is 11.9 Å². The molecule has 4 nitrogen and oxygen atoms in total. The van der Waals surface area contributed by atoms with Gasteiger partial charge in [0.25, 0.3) is 0 Å². The zero-order chi connectivity index (χ0) is 17.7. The number of amides is 1. The minimum atomic E-state index is -0.599. The van der Waals surface area contributed by atoms with E-state index < -0.39 is 12.1 Å². The molecule has 0 heterocycles. The lowest BCUT2D eigenvalue weighted by Crippen LogP contribution is -2.43. The molecule has 0 aliphatic heterocycles. The lowest BCUT2D eigenvalue weighted by atomic mass is 9.75. The van der Waals surface area contributed by atoms with Gasteiger partial charge in [-0.25, -0.2) is 4.79 Å². The van der Waals surface area contributed by atoms with E-state index in [4.69, 9.17) is 4.74 Å². The van der Waals surface area contributed by atoms with Crippen molar-refractivity contribution in [1.82, 2.24) is 5.32 Å². The van der Waals surface area contributed by atoms with E-state index in [9.17, 15) is 9.59 Å². The van der Waals surface area contributed by atoms with E-state index in [0.29, 0.717) is 23.3 Å². The van der Waals surface area contributed by atoms with Crippen LogP contribution in [0.1, 0.15) is 57.3 Å². The van der Waals surface area contributed by atoms with E-state index in [1.807, 2.05) is 18.2 Å². The third-order valence-electron chi connectivity index (χ3n) is 5.01. The van der Waals surface area contributed by atoms with Crippen LogP contribution in [-0.4, -0.2) is 24.0 Å². The van der Waals surface area contributed by atoms with Crippen molar-refractivity contribution in [3.63, 3.8) is 0 Å². The minimum Gasteiger partial charge on any atom is -0.446 e. The van der Waals surface area contributed by atoms with Gasteiger partial charge in [-0.1, -0.05) is 57.5 Å². The van der Waals surface area contributed by atoms with Crippen LogP contribution >= 0.6 is 0 Å². The number of carbonyl (C=O) groups excluding carboxylic acids is 2. The zero-order valence-corrected chi connectivity index (χ0v) is 15.1. The Balaban J connectivity index is 1.92. The first-order valence-corrected chi connectivity index (χ1v) is 8.95. The van der Waals surface area contributed by atoms with E-state index in [0.717, 1.165) is 12.8 Å². The third kappa shape index (κ3) is 4.83. The van der Waals surface area contributed by atoms with Crippen LogP contribution in [0.4, 0.5) is 4.79 Å². The molecule has 4 atom stereocenters. The maximum Gasteiger partial charge on any atom is 0.408 e. The molecule has 0 spiro atoms. The Kier molecular flexibility index (Phi) is 6.41. The molecule has 0 bridgehead atoms. The molecule has 1 fully saturated rings. The van der Waals surface area contributed by atoms with Crippen molar-refractivity contribution in [2.75, 3.05) is 0 Å². The van der Waals surface area contributed by atoms with Gasteiger partial charge in [-0.15, -0.1) is 0 Å². The molecule has 0 saturated heterocycles. The number of carbonyl (C=O) groups is 2. The molecule has 0 radical (unpaired) electrons. The van der Waals surface area contributed by atoms with Crippen molar-refractivity contribution in [2.45, 2.75) is 59.1 Å². The van der Waals surface area contributed by atoms with E-state index in [1.165, 1.54) is 6.42 Å². The van der Waals surface area contributed by atoms with Crippen molar-refractivity contribution in [3.05, 3.63) is 35.9 Å². The second-order valence-electron chi connectivity index (χ2n) is 7.37. The maximum atomic E-state index is 12.3. The van der Waals surface area contributed by atoms with Crippen LogP contribution in [0.15, 0.2) is 30.3 Å². The largest absolute Gasteiger partial charge is 0.446 e. The molecule has 1 aliphatic rings. The summed E-state index contributed by atoms with van der Waals surface area (Å²) in [6.45, 7) is 8.25. The van der Waals surface area contributed by atoms with Crippen LogP contribution in [-0.2, 0) is 4.74 Å². The van der Waals surface area contributed by atoms with Gasteiger partial charge in [0.15, 0.2) is 5.78 Å². The summed E-state index contributed by atoms with van der Waals surface area (Å²) in [7, 11) is 0. The van der Waals surface area contributed by atoms with Crippen LogP contribution < -0.4 is 5.32 Å². The predicted molar refractivity (Wildman–Crippen MR) is 95.0 cm³/mol. The van der Waals surface area contributed by atoms with Gasteiger partial charge in [0, 0.05) is 5.56 Å². The SMILES string of the molecule is CC(C)[C@@H]1CC[C@@H](C)C[C@H]1OC(=O)N[C@H](C)C(=O)c1ccccc1. The first-order chi connectivity index (χ1) is 11.4. The third-order valence-corrected chi connectivity index (χ3v) is 5.01. The molecule has 2 rings (SSSR count). The molecular weight excluding hydrogens is 302 g/mol. The Labute approximate surface area is 145 Å². The quantitative estimate of drug-likeness (QED) is 0.811. The molecule has 1 N–H and O–H groups in total. The highest BCUT2D eigenvalue weighted by molar-refractivity contribution is 6.01.